The summed E-state index contributed by atoms with van der Waals surface area (Å²) >= 11 is 0. The molecule has 6 heteroatoms. The number of fused-ring (bicyclic) bond motifs is 3. The molecule has 3 aromatic carbocycles. The molecule has 1 aliphatic heterocycles. The highest BCUT2D eigenvalue weighted by Gasteiger charge is 2.36. The summed E-state index contributed by atoms with van der Waals surface area (Å²) in [5.41, 5.74) is 4.65. The molecule has 0 spiro atoms. The molecule has 1 atom stereocenters. The number of carbonyl (C=O) groups excluding carboxylic acids is 2. The highest BCUT2D eigenvalue weighted by atomic mass is 16.5. The van der Waals surface area contributed by atoms with E-state index in [1.165, 1.54) is 0 Å². The topological polar surface area (TPSA) is 54.8 Å². The number of carbonyl (C=O) groups is 2. The van der Waals surface area contributed by atoms with Crippen molar-refractivity contribution in [2.45, 2.75) is 25.8 Å². The Labute approximate surface area is 229 Å². The highest BCUT2D eigenvalue weighted by molar-refractivity contribution is 6.02. The van der Waals surface area contributed by atoms with Crippen molar-refractivity contribution in [3.63, 3.8) is 0 Å². The van der Waals surface area contributed by atoms with Crippen LogP contribution in [-0.2, 0) is 9.59 Å². The van der Waals surface area contributed by atoms with Crippen LogP contribution in [0, 0.1) is 0 Å². The molecule has 0 aliphatic carbocycles. The lowest BCUT2D eigenvalue weighted by Gasteiger charge is -2.39. The van der Waals surface area contributed by atoms with Crippen LogP contribution in [0.15, 0.2) is 103 Å². The van der Waals surface area contributed by atoms with Gasteiger partial charge in [-0.05, 0) is 60.0 Å². The zero-order valence-electron chi connectivity index (χ0n) is 22.4. The van der Waals surface area contributed by atoms with Gasteiger partial charge in [-0.3, -0.25) is 14.5 Å². The van der Waals surface area contributed by atoms with E-state index in [0.717, 1.165) is 46.8 Å². The summed E-state index contributed by atoms with van der Waals surface area (Å²) in [6, 6.07) is 29.2. The van der Waals surface area contributed by atoms with Crippen LogP contribution in [0.3, 0.4) is 0 Å². The zero-order chi connectivity index (χ0) is 27.2. The van der Waals surface area contributed by atoms with Crippen molar-refractivity contribution < 1.29 is 14.3 Å². The minimum absolute atomic E-state index is 0.0142. The first-order valence-corrected chi connectivity index (χ1v) is 13.4. The maximum Gasteiger partial charge on any atom is 0.247 e. The van der Waals surface area contributed by atoms with Crippen LogP contribution in [0.2, 0.25) is 0 Å². The fourth-order valence-electron chi connectivity index (χ4n) is 5.06. The Morgan fingerprint density at radius 3 is 2.33 bits per heavy atom. The van der Waals surface area contributed by atoms with Gasteiger partial charge in [-0.15, -0.1) is 0 Å². The Morgan fingerprint density at radius 1 is 0.897 bits per heavy atom. The minimum Gasteiger partial charge on any atom is -0.497 e. The Bertz CT molecular complexity index is 1460. The molecule has 0 fully saturated rings. The van der Waals surface area contributed by atoms with E-state index in [0.29, 0.717) is 6.54 Å². The molecular formula is C33H33N3O3. The van der Waals surface area contributed by atoms with Gasteiger partial charge in [0.1, 0.15) is 18.3 Å². The number of amides is 2. The predicted octanol–water partition coefficient (Wildman–Crippen LogP) is 6.26. The van der Waals surface area contributed by atoms with Gasteiger partial charge in [-0.1, -0.05) is 67.9 Å². The Hall–Kier alpha value is -4.58. The molecule has 5 rings (SSSR count). The smallest absolute Gasteiger partial charge is 0.247 e. The first-order valence-electron chi connectivity index (χ1n) is 13.4. The third kappa shape index (κ3) is 5.50. The van der Waals surface area contributed by atoms with Crippen molar-refractivity contribution in [2.75, 3.05) is 25.1 Å². The van der Waals surface area contributed by atoms with Gasteiger partial charge in [-0.25, -0.2) is 0 Å². The first-order chi connectivity index (χ1) is 19.1. The van der Waals surface area contributed by atoms with Crippen molar-refractivity contribution in [3.05, 3.63) is 120 Å². The summed E-state index contributed by atoms with van der Waals surface area (Å²) in [7, 11) is 1.64. The number of hydrogen-bond donors (Lipinski definition) is 0. The molecule has 0 bridgehead atoms. The van der Waals surface area contributed by atoms with Crippen molar-refractivity contribution in [2.24, 2.45) is 0 Å². The van der Waals surface area contributed by atoms with E-state index < -0.39 is 0 Å². The molecule has 0 radical (unpaired) electrons. The molecule has 1 aliphatic rings. The second-order valence-corrected chi connectivity index (χ2v) is 9.59. The van der Waals surface area contributed by atoms with Gasteiger partial charge in [-0.2, -0.15) is 0 Å². The fourth-order valence-corrected chi connectivity index (χ4v) is 5.06. The number of rotatable bonds is 9. The molecule has 2 amide bonds. The summed E-state index contributed by atoms with van der Waals surface area (Å²) in [4.78, 5) is 31.0. The number of nitrogens with zero attached hydrogens (tertiary/aromatic N) is 3. The van der Waals surface area contributed by atoms with Crippen molar-refractivity contribution in [3.8, 4) is 11.4 Å². The standard InChI is InChI=1S/C33H33N3O3/c1-3-4-22-34(31(37)21-16-25-11-6-5-7-12-25)24-32(38)36-29-14-9-8-13-28(29)35-23-10-15-30(35)33(36)26-17-19-27(39-2)20-18-26/h5-21,23,33H,3-4,22,24H2,1-2H3/b21-16+. The summed E-state index contributed by atoms with van der Waals surface area (Å²) in [6.45, 7) is 2.58. The SMILES string of the molecule is CCCCN(CC(=O)N1c2ccccc2-n2cccc2C1c1ccc(OC)cc1)C(=O)/C=C/c1ccccc1. The molecule has 1 aromatic heterocycles. The number of ether oxygens (including phenoxy) is 1. The van der Waals surface area contributed by atoms with Crippen molar-refractivity contribution in [1.82, 2.24) is 9.47 Å². The summed E-state index contributed by atoms with van der Waals surface area (Å²) in [6.07, 6.45) is 7.13. The fraction of sp³-hybridized carbons (Fsp3) is 0.212. The second-order valence-electron chi connectivity index (χ2n) is 9.59. The summed E-state index contributed by atoms with van der Waals surface area (Å²) in [5.74, 6) is 0.452. The van der Waals surface area contributed by atoms with Gasteiger partial charge in [0, 0.05) is 18.8 Å². The maximum atomic E-state index is 14.2. The number of para-hydroxylation sites is 2. The van der Waals surface area contributed by atoms with Crippen LogP contribution < -0.4 is 9.64 Å². The normalized spacial score (nSPS) is 14.1. The van der Waals surface area contributed by atoms with Crippen LogP contribution in [0.25, 0.3) is 11.8 Å². The average molecular weight is 520 g/mol. The summed E-state index contributed by atoms with van der Waals surface area (Å²) in [5, 5.41) is 0. The lowest BCUT2D eigenvalue weighted by molar-refractivity contribution is -0.131. The largest absolute Gasteiger partial charge is 0.497 e. The second kappa shape index (κ2) is 11.9. The first kappa shape index (κ1) is 26.0. The quantitative estimate of drug-likeness (QED) is 0.245. The molecule has 0 saturated heterocycles. The van der Waals surface area contributed by atoms with E-state index >= 15 is 0 Å². The van der Waals surface area contributed by atoms with Crippen molar-refractivity contribution in [1.29, 1.82) is 0 Å². The van der Waals surface area contributed by atoms with Gasteiger partial charge in [0.2, 0.25) is 11.8 Å². The lowest BCUT2D eigenvalue weighted by Crippen LogP contribution is -2.46. The molecule has 4 aromatic rings. The average Bonchev–Trinajstić information content (AvgIpc) is 3.48. The maximum absolute atomic E-state index is 14.2. The molecule has 0 saturated carbocycles. The van der Waals surface area contributed by atoms with E-state index in [1.54, 1.807) is 24.2 Å². The zero-order valence-corrected chi connectivity index (χ0v) is 22.4. The highest BCUT2D eigenvalue weighted by Crippen LogP contribution is 2.42. The number of hydrogen-bond acceptors (Lipinski definition) is 3. The van der Waals surface area contributed by atoms with E-state index in [-0.39, 0.29) is 24.4 Å². The Morgan fingerprint density at radius 2 is 1.62 bits per heavy atom. The van der Waals surface area contributed by atoms with Crippen LogP contribution in [0.5, 0.6) is 5.75 Å². The van der Waals surface area contributed by atoms with E-state index in [4.69, 9.17) is 4.74 Å². The number of unbranched alkanes of at least 4 members (excludes halogenated alkanes) is 1. The molecule has 198 valence electrons. The molecular weight excluding hydrogens is 486 g/mol. The lowest BCUT2D eigenvalue weighted by atomic mass is 9.97. The Kier molecular flexibility index (Phi) is 7.92. The molecule has 0 N–H and O–H groups in total. The number of aromatic nitrogens is 1. The number of methoxy groups -OCH3 is 1. The van der Waals surface area contributed by atoms with Crippen molar-refractivity contribution >= 4 is 23.6 Å². The number of anilines is 1. The van der Waals surface area contributed by atoms with Gasteiger partial charge in [0.05, 0.1) is 24.2 Å². The summed E-state index contributed by atoms with van der Waals surface area (Å²) < 4.78 is 7.51. The third-order valence-electron chi connectivity index (χ3n) is 7.06. The predicted molar refractivity (Wildman–Crippen MR) is 155 cm³/mol. The van der Waals surface area contributed by atoms with E-state index in [1.807, 2.05) is 102 Å². The molecule has 2 heterocycles. The number of benzene rings is 3. The minimum atomic E-state index is -0.351. The third-order valence-corrected chi connectivity index (χ3v) is 7.06. The van der Waals surface area contributed by atoms with Crippen LogP contribution in [0.1, 0.15) is 42.6 Å². The van der Waals surface area contributed by atoms with Gasteiger partial charge >= 0.3 is 0 Å². The monoisotopic (exact) mass is 519 g/mol. The van der Waals surface area contributed by atoms with E-state index in [2.05, 4.69) is 11.5 Å². The Balaban J connectivity index is 1.50. The molecule has 6 nitrogen and oxygen atoms in total. The van der Waals surface area contributed by atoms with Crippen LogP contribution >= 0.6 is 0 Å². The van der Waals surface area contributed by atoms with Gasteiger partial charge < -0.3 is 14.2 Å². The molecule has 1 unspecified atom stereocenters. The van der Waals surface area contributed by atoms with Gasteiger partial charge in [0.15, 0.2) is 0 Å². The van der Waals surface area contributed by atoms with Gasteiger partial charge in [0.25, 0.3) is 0 Å². The van der Waals surface area contributed by atoms with E-state index in [9.17, 15) is 9.59 Å². The van der Waals surface area contributed by atoms with Crippen LogP contribution in [-0.4, -0.2) is 41.5 Å². The molecule has 39 heavy (non-hydrogen) atoms. The van der Waals surface area contributed by atoms with Crippen LogP contribution in [0.4, 0.5) is 5.69 Å².